The molecule has 5 nitrogen and oxygen atoms in total. The molecule has 4 rings (SSSR count). The lowest BCUT2D eigenvalue weighted by Gasteiger charge is -2.35. The Morgan fingerprint density at radius 2 is 2.03 bits per heavy atom. The molecule has 2 aliphatic heterocycles. The summed E-state index contributed by atoms with van der Waals surface area (Å²) < 4.78 is 0. The van der Waals surface area contributed by atoms with Crippen LogP contribution >= 0.6 is 11.6 Å². The minimum atomic E-state index is -0.286. The fourth-order valence-corrected chi connectivity index (χ4v) is 4.26. The first kappa shape index (κ1) is 19.8. The Labute approximate surface area is 175 Å². The second-order valence-electron chi connectivity index (χ2n) is 7.94. The van der Waals surface area contributed by atoms with Crippen LogP contribution in [0.2, 0.25) is 5.02 Å². The maximum Gasteiger partial charge on any atom is 0.238 e. The number of carbonyl (C=O) groups is 2. The van der Waals surface area contributed by atoms with E-state index in [1.807, 2.05) is 43.9 Å². The lowest BCUT2D eigenvalue weighted by Crippen LogP contribution is -2.47. The van der Waals surface area contributed by atoms with Crippen molar-refractivity contribution in [2.24, 2.45) is 10.9 Å². The molecule has 0 radical (unpaired) electrons. The number of hydrogen-bond acceptors (Lipinski definition) is 4. The molecule has 0 spiro atoms. The molecule has 0 saturated carbocycles. The molecule has 1 N–H and O–H groups in total. The van der Waals surface area contributed by atoms with Crippen molar-refractivity contribution in [3.63, 3.8) is 0 Å². The molecule has 2 aromatic rings. The number of benzene rings is 2. The second kappa shape index (κ2) is 7.73. The van der Waals surface area contributed by atoms with Crippen LogP contribution in [0, 0.1) is 26.7 Å². The standard InChI is InChI=1S/C23H24ClN3O2/c1-13-4-7-19(14(2)10-13)25-21(28)12-27-9-8-20-17(11-27)23(29)16-5-6-18(24)15(3)22(16)26-20/h4-7,10,17H,8-9,11-12H2,1-3H3,(H,25,28). The quantitative estimate of drug-likeness (QED) is 0.812. The van der Waals surface area contributed by atoms with Crippen LogP contribution in [0.1, 0.15) is 33.5 Å². The summed E-state index contributed by atoms with van der Waals surface area (Å²) in [5.74, 6) is -0.279. The predicted octanol–water partition coefficient (Wildman–Crippen LogP) is 4.49. The van der Waals surface area contributed by atoms with E-state index in [-0.39, 0.29) is 24.2 Å². The molecule has 1 amide bonds. The van der Waals surface area contributed by atoms with Crippen LogP contribution in [0.5, 0.6) is 0 Å². The zero-order valence-electron chi connectivity index (χ0n) is 16.9. The third-order valence-corrected chi connectivity index (χ3v) is 6.16. The van der Waals surface area contributed by atoms with Crippen molar-refractivity contribution >= 4 is 40.4 Å². The number of nitrogens with zero attached hydrogens (tertiary/aromatic N) is 2. The van der Waals surface area contributed by atoms with Crippen LogP contribution in [-0.2, 0) is 4.79 Å². The number of hydrogen-bond donors (Lipinski definition) is 1. The van der Waals surface area contributed by atoms with Crippen molar-refractivity contribution < 1.29 is 9.59 Å². The zero-order valence-corrected chi connectivity index (χ0v) is 17.6. The van der Waals surface area contributed by atoms with Crippen LogP contribution in [0.4, 0.5) is 11.4 Å². The Kier molecular flexibility index (Phi) is 5.28. The minimum Gasteiger partial charge on any atom is -0.325 e. The van der Waals surface area contributed by atoms with Gasteiger partial charge in [-0.15, -0.1) is 0 Å². The van der Waals surface area contributed by atoms with Crippen LogP contribution < -0.4 is 5.32 Å². The molecule has 2 heterocycles. The average molecular weight is 410 g/mol. The molecule has 2 aliphatic rings. The van der Waals surface area contributed by atoms with Crippen molar-refractivity contribution in [3.8, 4) is 0 Å². The van der Waals surface area contributed by atoms with Gasteiger partial charge in [-0.3, -0.25) is 19.5 Å². The lowest BCUT2D eigenvalue weighted by molar-refractivity contribution is -0.117. The van der Waals surface area contributed by atoms with Gasteiger partial charge in [-0.2, -0.15) is 0 Å². The van der Waals surface area contributed by atoms with E-state index in [0.29, 0.717) is 35.8 Å². The molecule has 1 saturated heterocycles. The van der Waals surface area contributed by atoms with Crippen molar-refractivity contribution in [1.29, 1.82) is 0 Å². The number of fused-ring (bicyclic) bond motifs is 2. The number of likely N-dealkylation sites (tertiary alicyclic amines) is 1. The Bertz CT molecular complexity index is 1040. The third-order valence-electron chi connectivity index (χ3n) is 5.75. The van der Waals surface area contributed by atoms with Crippen LogP contribution in [-0.4, -0.2) is 41.9 Å². The number of halogens is 1. The first-order valence-corrected chi connectivity index (χ1v) is 10.2. The van der Waals surface area contributed by atoms with Gasteiger partial charge in [0.15, 0.2) is 5.78 Å². The van der Waals surface area contributed by atoms with Crippen molar-refractivity contribution in [1.82, 2.24) is 4.90 Å². The average Bonchev–Trinajstić information content (AvgIpc) is 2.68. The summed E-state index contributed by atoms with van der Waals surface area (Å²) >= 11 is 6.20. The minimum absolute atomic E-state index is 0.0661. The van der Waals surface area contributed by atoms with Gasteiger partial charge in [0.1, 0.15) is 0 Å². The Hall–Kier alpha value is -2.50. The monoisotopic (exact) mass is 409 g/mol. The molecule has 1 atom stereocenters. The van der Waals surface area contributed by atoms with Gasteiger partial charge in [-0.25, -0.2) is 0 Å². The fraction of sp³-hybridized carbons (Fsp3) is 0.348. The van der Waals surface area contributed by atoms with Crippen molar-refractivity contribution in [2.75, 3.05) is 25.0 Å². The fourth-order valence-electron chi connectivity index (χ4n) is 4.11. The van der Waals surface area contributed by atoms with E-state index in [0.717, 1.165) is 28.1 Å². The summed E-state index contributed by atoms with van der Waals surface area (Å²) in [7, 11) is 0. The van der Waals surface area contributed by atoms with E-state index in [1.165, 1.54) is 0 Å². The lowest BCUT2D eigenvalue weighted by atomic mass is 9.84. The van der Waals surface area contributed by atoms with Gasteiger partial charge >= 0.3 is 0 Å². The number of carbonyl (C=O) groups excluding carboxylic acids is 2. The number of piperidine rings is 1. The van der Waals surface area contributed by atoms with Gasteiger partial charge in [0.2, 0.25) is 5.91 Å². The van der Waals surface area contributed by atoms with E-state index >= 15 is 0 Å². The number of aryl methyl sites for hydroxylation is 2. The summed E-state index contributed by atoms with van der Waals surface area (Å²) in [6, 6.07) is 9.48. The SMILES string of the molecule is Cc1ccc(NC(=O)CN2CCC3=Nc4c(ccc(Cl)c4C)C(=O)C3C2)c(C)c1. The number of ketones is 1. The van der Waals surface area contributed by atoms with Gasteiger partial charge < -0.3 is 5.32 Å². The highest BCUT2D eigenvalue weighted by atomic mass is 35.5. The van der Waals surface area contributed by atoms with Gasteiger partial charge in [0.05, 0.1) is 18.2 Å². The molecule has 6 heteroatoms. The molecular formula is C23H24ClN3O2. The summed E-state index contributed by atoms with van der Waals surface area (Å²) in [5.41, 5.74) is 6.11. The van der Waals surface area contributed by atoms with Crippen LogP contribution in [0.3, 0.4) is 0 Å². The van der Waals surface area contributed by atoms with Crippen LogP contribution in [0.25, 0.3) is 0 Å². The molecule has 2 aromatic carbocycles. The highest BCUT2D eigenvalue weighted by Gasteiger charge is 2.36. The normalized spacial score (nSPS) is 18.7. The Morgan fingerprint density at radius 3 is 2.79 bits per heavy atom. The molecule has 150 valence electrons. The first-order chi connectivity index (χ1) is 13.8. The number of amides is 1. The van der Waals surface area contributed by atoms with Gasteiger partial charge in [0, 0.05) is 35.1 Å². The summed E-state index contributed by atoms with van der Waals surface area (Å²) in [4.78, 5) is 32.4. The smallest absolute Gasteiger partial charge is 0.238 e. The summed E-state index contributed by atoms with van der Waals surface area (Å²) in [6.45, 7) is 7.39. The number of Topliss-reactive ketones (excluding diaryl/α,β-unsaturated/α-hetero) is 1. The maximum atomic E-state index is 13.1. The largest absolute Gasteiger partial charge is 0.325 e. The highest BCUT2D eigenvalue weighted by Crippen LogP contribution is 2.37. The molecule has 0 aliphatic carbocycles. The number of nitrogens with one attached hydrogen (secondary N) is 1. The molecule has 1 fully saturated rings. The van der Waals surface area contributed by atoms with E-state index in [2.05, 4.69) is 5.32 Å². The third kappa shape index (κ3) is 3.85. The first-order valence-electron chi connectivity index (χ1n) is 9.83. The van der Waals surface area contributed by atoms with Crippen molar-refractivity contribution in [3.05, 3.63) is 57.6 Å². The maximum absolute atomic E-state index is 13.1. The Morgan fingerprint density at radius 1 is 1.24 bits per heavy atom. The topological polar surface area (TPSA) is 61.8 Å². The van der Waals surface area contributed by atoms with E-state index in [4.69, 9.17) is 16.6 Å². The molecule has 29 heavy (non-hydrogen) atoms. The summed E-state index contributed by atoms with van der Waals surface area (Å²) in [6.07, 6.45) is 0.679. The molecule has 0 bridgehead atoms. The highest BCUT2D eigenvalue weighted by molar-refractivity contribution is 6.32. The van der Waals surface area contributed by atoms with Gasteiger partial charge in [-0.05, 0) is 56.5 Å². The molecule has 0 aromatic heterocycles. The van der Waals surface area contributed by atoms with Gasteiger partial charge in [-0.1, -0.05) is 29.3 Å². The Balaban J connectivity index is 1.46. The van der Waals surface area contributed by atoms with Gasteiger partial charge in [0.25, 0.3) is 0 Å². The molecule has 1 unspecified atom stereocenters. The molecular weight excluding hydrogens is 386 g/mol. The predicted molar refractivity (Wildman–Crippen MR) is 117 cm³/mol. The number of rotatable bonds is 3. The second-order valence-corrected chi connectivity index (χ2v) is 8.35. The van der Waals surface area contributed by atoms with E-state index < -0.39 is 0 Å². The van der Waals surface area contributed by atoms with E-state index in [1.54, 1.807) is 12.1 Å². The van der Waals surface area contributed by atoms with Crippen molar-refractivity contribution in [2.45, 2.75) is 27.2 Å². The van der Waals surface area contributed by atoms with Crippen LogP contribution in [0.15, 0.2) is 35.3 Å². The van der Waals surface area contributed by atoms with E-state index in [9.17, 15) is 9.59 Å². The number of anilines is 1. The number of aliphatic imine (C=N–C) groups is 1. The summed E-state index contributed by atoms with van der Waals surface area (Å²) in [5, 5.41) is 3.61. The zero-order chi connectivity index (χ0) is 20.7.